The number of carbonyl (C=O) groups excluding carboxylic acids is 3. The zero-order chi connectivity index (χ0) is 43.5. The van der Waals surface area contributed by atoms with Crippen molar-refractivity contribution in [3.63, 3.8) is 0 Å². The number of ketones is 1. The predicted octanol–water partition coefficient (Wildman–Crippen LogP) is 1.77. The molecule has 0 radical (unpaired) electrons. The molecule has 2 aliphatic heterocycles. The number of carbonyl (C=O) groups is 3. The van der Waals surface area contributed by atoms with Gasteiger partial charge in [-0.25, -0.2) is 9.97 Å². The fourth-order valence-corrected chi connectivity index (χ4v) is 7.20. The highest BCUT2D eigenvalue weighted by atomic mass is 16.6. The Bertz CT molecular complexity index is 2210. The summed E-state index contributed by atoms with van der Waals surface area (Å²) < 4.78 is 28.7. The third kappa shape index (κ3) is 12.3. The molecular formula is C43H53N11O8. The van der Waals surface area contributed by atoms with Gasteiger partial charge in [-0.3, -0.25) is 24.3 Å². The van der Waals surface area contributed by atoms with Crippen LogP contribution < -0.4 is 10.1 Å². The van der Waals surface area contributed by atoms with E-state index < -0.39 is 17.6 Å². The van der Waals surface area contributed by atoms with Crippen molar-refractivity contribution in [2.75, 3.05) is 119 Å². The monoisotopic (exact) mass is 851 g/mol. The number of aromatic nitrogens is 6. The van der Waals surface area contributed by atoms with Crippen molar-refractivity contribution in [2.45, 2.75) is 19.3 Å². The number of hydrogen-bond acceptors (Lipinski definition) is 15. The highest BCUT2D eigenvalue weighted by Gasteiger charge is 2.31. The number of fused-ring (bicyclic) bond motifs is 1. The lowest BCUT2D eigenvalue weighted by Crippen LogP contribution is -2.47. The number of Topliss-reactive ketones (excluding diaryl/α,β-unsaturated/α-hetero) is 1. The zero-order valence-corrected chi connectivity index (χ0v) is 35.1. The molecule has 0 unspecified atom stereocenters. The van der Waals surface area contributed by atoms with Crippen molar-refractivity contribution in [3.05, 3.63) is 65.8 Å². The highest BCUT2D eigenvalue weighted by Crippen LogP contribution is 2.32. The molecule has 0 bridgehead atoms. The number of terminal acetylenes is 1. The number of H-pyrrole nitrogens is 1. The molecule has 6 rings (SSSR count). The minimum Gasteiger partial charge on any atom is -0.494 e. The van der Waals surface area contributed by atoms with Crippen LogP contribution in [0, 0.1) is 23.7 Å². The molecule has 4 aromatic heterocycles. The first kappa shape index (κ1) is 45.5. The van der Waals surface area contributed by atoms with E-state index in [0.29, 0.717) is 94.4 Å². The van der Waals surface area contributed by atoms with E-state index in [0.717, 1.165) is 51.3 Å². The number of pyridine rings is 2. The third-order valence-corrected chi connectivity index (χ3v) is 10.5. The molecule has 19 heteroatoms. The van der Waals surface area contributed by atoms with Crippen LogP contribution in [0.4, 0.5) is 0 Å². The van der Waals surface area contributed by atoms with Gasteiger partial charge < -0.3 is 43.8 Å². The number of methoxy groups -OCH3 is 1. The molecule has 2 aliphatic rings. The predicted molar refractivity (Wildman–Crippen MR) is 226 cm³/mol. The second-order valence-electron chi connectivity index (χ2n) is 14.4. The first-order chi connectivity index (χ1) is 30.4. The smallest absolute Gasteiger partial charge is 0.295 e. The fourth-order valence-electron chi connectivity index (χ4n) is 7.20. The minimum atomic E-state index is -0.716. The van der Waals surface area contributed by atoms with Gasteiger partial charge in [-0.05, 0) is 43.5 Å². The Kier molecular flexibility index (Phi) is 17.5. The second-order valence-corrected chi connectivity index (χ2v) is 14.4. The van der Waals surface area contributed by atoms with Gasteiger partial charge in [0.1, 0.15) is 24.8 Å². The number of rotatable bonds is 23. The lowest BCUT2D eigenvalue weighted by Gasteiger charge is -2.34. The number of allylic oxidation sites excluding steroid dienone is 1. The standard InChI is InChI=1S/C43H53N11O8/c1-3-20-59-22-24-61-26-27-62-25-23-60-21-19-52-17-15-51(16-18-52)12-6-11-46-42(56)40-49-31-54(50-40)41-38-37(36(58-2)30-48-41)34(29-47-38)39(55)43(57)53-13-8-32(9-14-53)33(28-44)35-7-4-5-10-45-35/h1,4-5,7,10,29-31,47H,6,8-9,11-27H2,2H3,(H,46,56). The number of hydrogen-bond donors (Lipinski definition) is 2. The highest BCUT2D eigenvalue weighted by molar-refractivity contribution is 6.45. The van der Waals surface area contributed by atoms with Gasteiger partial charge in [0, 0.05) is 64.8 Å². The molecule has 0 aliphatic carbocycles. The van der Waals surface area contributed by atoms with Crippen molar-refractivity contribution >= 4 is 34.1 Å². The number of piperazine rings is 1. The Balaban J connectivity index is 0.910. The molecule has 2 amide bonds. The van der Waals surface area contributed by atoms with Gasteiger partial charge in [-0.15, -0.1) is 11.5 Å². The number of aromatic amines is 1. The molecule has 0 atom stereocenters. The van der Waals surface area contributed by atoms with Crippen LogP contribution in [0.15, 0.2) is 48.7 Å². The van der Waals surface area contributed by atoms with Crippen LogP contribution in [0.3, 0.4) is 0 Å². The van der Waals surface area contributed by atoms with E-state index in [1.807, 2.05) is 6.07 Å². The van der Waals surface area contributed by atoms with Crippen LogP contribution in [0.1, 0.15) is 45.9 Å². The first-order valence-electron chi connectivity index (χ1n) is 20.7. The van der Waals surface area contributed by atoms with Crippen LogP contribution >= 0.6 is 0 Å². The molecule has 6 heterocycles. The van der Waals surface area contributed by atoms with E-state index in [2.05, 4.69) is 52.1 Å². The van der Waals surface area contributed by atoms with Gasteiger partial charge in [0.2, 0.25) is 5.82 Å². The lowest BCUT2D eigenvalue weighted by atomic mass is 9.95. The molecular weight excluding hydrogens is 799 g/mol. The van der Waals surface area contributed by atoms with E-state index in [-0.39, 0.29) is 36.0 Å². The van der Waals surface area contributed by atoms with E-state index in [1.54, 1.807) is 18.3 Å². The quantitative estimate of drug-likeness (QED) is 0.0358. The summed E-state index contributed by atoms with van der Waals surface area (Å²) in [7, 11) is 1.45. The van der Waals surface area contributed by atoms with Crippen molar-refractivity contribution in [3.8, 4) is 30.0 Å². The van der Waals surface area contributed by atoms with Crippen LogP contribution in [-0.4, -0.2) is 181 Å². The number of likely N-dealkylation sites (tertiary alicyclic amines) is 1. The summed E-state index contributed by atoms with van der Waals surface area (Å²) >= 11 is 0. The Morgan fingerprint density at radius 3 is 2.24 bits per heavy atom. The van der Waals surface area contributed by atoms with Crippen LogP contribution in [-0.2, 0) is 23.7 Å². The molecule has 0 aromatic carbocycles. The summed E-state index contributed by atoms with van der Waals surface area (Å²) in [5.74, 6) is 1.11. The average Bonchev–Trinajstić information content (AvgIpc) is 3.99. The second kappa shape index (κ2) is 23.8. The first-order valence-corrected chi connectivity index (χ1v) is 20.7. The largest absolute Gasteiger partial charge is 0.494 e. The molecule has 2 N–H and O–H groups in total. The maximum Gasteiger partial charge on any atom is 0.295 e. The molecule has 2 fully saturated rings. The van der Waals surface area contributed by atoms with Crippen LogP contribution in [0.25, 0.3) is 22.3 Å². The van der Waals surface area contributed by atoms with Crippen molar-refractivity contribution in [2.24, 2.45) is 0 Å². The van der Waals surface area contributed by atoms with E-state index in [9.17, 15) is 19.6 Å². The van der Waals surface area contributed by atoms with Gasteiger partial charge in [-0.2, -0.15) is 9.94 Å². The maximum atomic E-state index is 13.7. The molecule has 328 valence electrons. The number of nitriles is 1. The molecule has 0 spiro atoms. The van der Waals surface area contributed by atoms with Crippen molar-refractivity contribution in [1.82, 2.24) is 49.7 Å². The SMILES string of the molecule is C#CCOCCOCCOCCOCCN1CCN(CCCNC(=O)c2ncn(-c3ncc(OC)c4c(C(=O)C(=O)N5CCC(=C(C#N)c6ccccn6)CC5)c[nH]c34)n2)CC1. The summed E-state index contributed by atoms with van der Waals surface area (Å²) in [5, 5.41) is 17.4. The summed E-state index contributed by atoms with van der Waals surface area (Å²) in [6.07, 6.45) is 12.7. The zero-order valence-electron chi connectivity index (χ0n) is 35.1. The van der Waals surface area contributed by atoms with Crippen LogP contribution in [0.5, 0.6) is 5.75 Å². The van der Waals surface area contributed by atoms with Crippen molar-refractivity contribution in [1.29, 1.82) is 5.26 Å². The van der Waals surface area contributed by atoms with Gasteiger partial charge >= 0.3 is 0 Å². The number of nitrogens with one attached hydrogen (secondary N) is 2. The van der Waals surface area contributed by atoms with Crippen LogP contribution in [0.2, 0.25) is 0 Å². The van der Waals surface area contributed by atoms with E-state index >= 15 is 0 Å². The number of piperidine rings is 1. The molecule has 0 saturated carbocycles. The minimum absolute atomic E-state index is 0.0373. The van der Waals surface area contributed by atoms with E-state index in [4.69, 9.17) is 30.1 Å². The lowest BCUT2D eigenvalue weighted by molar-refractivity contribution is -0.126. The Morgan fingerprint density at radius 2 is 1.58 bits per heavy atom. The summed E-state index contributed by atoms with van der Waals surface area (Å²) in [5.41, 5.74) is 2.48. The normalized spacial score (nSPS) is 14.7. The Morgan fingerprint density at radius 1 is 0.887 bits per heavy atom. The van der Waals surface area contributed by atoms with Gasteiger partial charge in [0.15, 0.2) is 5.82 Å². The average molecular weight is 852 g/mol. The van der Waals surface area contributed by atoms with Gasteiger partial charge in [-0.1, -0.05) is 12.0 Å². The van der Waals surface area contributed by atoms with Gasteiger partial charge in [0.05, 0.1) is 87.3 Å². The number of ether oxygens (including phenoxy) is 5. The summed E-state index contributed by atoms with van der Waals surface area (Å²) in [6.45, 7) is 10.5. The Hall–Kier alpha value is -6.06. The number of amides is 2. The fraction of sp³-hybridized carbons (Fsp3) is 0.488. The topological polar surface area (TPSA) is 215 Å². The van der Waals surface area contributed by atoms with Gasteiger partial charge in [0.25, 0.3) is 17.6 Å². The molecule has 4 aromatic rings. The third-order valence-electron chi connectivity index (χ3n) is 10.5. The van der Waals surface area contributed by atoms with E-state index in [1.165, 1.54) is 35.4 Å². The molecule has 2 saturated heterocycles. The Labute approximate surface area is 360 Å². The summed E-state index contributed by atoms with van der Waals surface area (Å²) in [4.78, 5) is 62.6. The number of nitrogens with zero attached hydrogens (tertiary/aromatic N) is 9. The summed E-state index contributed by atoms with van der Waals surface area (Å²) in [6, 6.07) is 7.64. The molecule has 19 nitrogen and oxygen atoms in total. The van der Waals surface area contributed by atoms with Crippen molar-refractivity contribution < 1.29 is 38.1 Å². The maximum absolute atomic E-state index is 13.7. The molecule has 62 heavy (non-hydrogen) atoms.